The van der Waals surface area contributed by atoms with Crippen molar-refractivity contribution in [2.75, 3.05) is 26.4 Å². The molecule has 0 saturated carbocycles. The molecule has 36 heavy (non-hydrogen) atoms. The molecule has 13 heteroatoms. The molecular weight excluding hydrogens is 491 g/mol. The Hall–Kier alpha value is -3.67. The molecule has 0 aliphatic heterocycles. The Morgan fingerprint density at radius 2 is 1.86 bits per heavy atom. The third kappa shape index (κ3) is 9.17. The summed E-state index contributed by atoms with van der Waals surface area (Å²) in [5.74, 6) is 0.532. The lowest BCUT2D eigenvalue weighted by Crippen LogP contribution is -2.06. The Morgan fingerprint density at radius 1 is 1.08 bits per heavy atom. The minimum Gasteiger partial charge on any atom is -0.492 e. The molecule has 0 aliphatic rings. The highest BCUT2D eigenvalue weighted by molar-refractivity contribution is 7.83. The van der Waals surface area contributed by atoms with E-state index in [9.17, 15) is 13.4 Å². The number of carbonyl (C=O) groups excluding carboxylic acids is 1. The van der Waals surface area contributed by atoms with E-state index in [-0.39, 0.29) is 35.0 Å². The number of aromatic nitrogens is 3. The lowest BCUT2D eigenvalue weighted by atomic mass is 10.1. The van der Waals surface area contributed by atoms with Crippen LogP contribution in [0.15, 0.2) is 57.3 Å². The van der Waals surface area contributed by atoms with Gasteiger partial charge in [0.15, 0.2) is 0 Å². The van der Waals surface area contributed by atoms with E-state index in [0.29, 0.717) is 62.5 Å². The summed E-state index contributed by atoms with van der Waals surface area (Å²) in [5, 5.41) is 11.0. The summed E-state index contributed by atoms with van der Waals surface area (Å²) in [7, 11) is -1.60. The normalized spacial score (nSPS) is 11.6. The van der Waals surface area contributed by atoms with Gasteiger partial charge in [-0.1, -0.05) is 10.2 Å². The number of hydrogen-bond acceptors (Lipinski definition) is 9. The zero-order valence-electron chi connectivity index (χ0n) is 19.4. The standard InChI is InChI=1S/C23H25FN6O5S/c24-18-7-5-17(6-8-18)22-28-29-23(35-22)36(32)16-19-9-10-21(15-26-19)34-13-2-4-20(31)3-1-12-33-14-11-27-30-25/h5-10,15H,1-4,11-14,16H2. The second-order valence-electron chi connectivity index (χ2n) is 7.52. The van der Waals surface area contributed by atoms with Gasteiger partial charge in [0, 0.05) is 36.5 Å². The maximum Gasteiger partial charge on any atom is 0.308 e. The van der Waals surface area contributed by atoms with Crippen molar-refractivity contribution in [1.82, 2.24) is 15.2 Å². The van der Waals surface area contributed by atoms with Gasteiger partial charge in [0.05, 0.1) is 30.9 Å². The monoisotopic (exact) mass is 516 g/mol. The zero-order chi connectivity index (χ0) is 25.6. The van der Waals surface area contributed by atoms with Crippen LogP contribution in [0, 0.1) is 5.82 Å². The highest BCUT2D eigenvalue weighted by Gasteiger charge is 2.16. The van der Waals surface area contributed by atoms with Crippen molar-refractivity contribution >= 4 is 16.6 Å². The number of halogens is 1. The fourth-order valence-corrected chi connectivity index (χ4v) is 3.86. The van der Waals surface area contributed by atoms with Gasteiger partial charge in [0.25, 0.3) is 0 Å². The van der Waals surface area contributed by atoms with Crippen LogP contribution in [-0.2, 0) is 26.1 Å². The highest BCUT2D eigenvalue weighted by Crippen LogP contribution is 2.20. The van der Waals surface area contributed by atoms with Gasteiger partial charge in [-0.15, -0.1) is 5.10 Å². The fraction of sp³-hybridized carbons (Fsp3) is 0.391. The number of rotatable bonds is 16. The third-order valence-electron chi connectivity index (χ3n) is 4.78. The summed E-state index contributed by atoms with van der Waals surface area (Å²) < 4.78 is 41.9. The quantitative estimate of drug-likeness (QED) is 0.117. The van der Waals surface area contributed by atoms with Crippen molar-refractivity contribution in [3.05, 3.63) is 64.5 Å². The Balaban J connectivity index is 1.33. The van der Waals surface area contributed by atoms with Gasteiger partial charge in [0.2, 0.25) is 5.89 Å². The molecule has 0 fully saturated rings. The lowest BCUT2D eigenvalue weighted by Gasteiger charge is -2.06. The van der Waals surface area contributed by atoms with Crippen molar-refractivity contribution in [2.45, 2.75) is 36.7 Å². The topological polar surface area (TPSA) is 153 Å². The first kappa shape index (κ1) is 26.9. The summed E-state index contributed by atoms with van der Waals surface area (Å²) in [6.45, 7) is 1.46. The Morgan fingerprint density at radius 3 is 2.58 bits per heavy atom. The smallest absolute Gasteiger partial charge is 0.308 e. The van der Waals surface area contributed by atoms with Crippen LogP contribution in [0.3, 0.4) is 0 Å². The van der Waals surface area contributed by atoms with Gasteiger partial charge in [0.1, 0.15) is 28.1 Å². The maximum atomic E-state index is 13.1. The number of nitrogens with zero attached hydrogens (tertiary/aromatic N) is 6. The maximum absolute atomic E-state index is 13.1. The van der Waals surface area contributed by atoms with E-state index in [1.165, 1.54) is 30.5 Å². The molecule has 2 heterocycles. The van der Waals surface area contributed by atoms with Gasteiger partial charge in [-0.25, -0.2) is 8.60 Å². The average molecular weight is 517 g/mol. The van der Waals surface area contributed by atoms with Gasteiger partial charge in [-0.05, 0) is 54.8 Å². The molecule has 0 spiro atoms. The van der Waals surface area contributed by atoms with Crippen LogP contribution in [-0.4, -0.2) is 51.5 Å². The molecule has 190 valence electrons. The summed E-state index contributed by atoms with van der Waals surface area (Å²) in [5.41, 5.74) is 9.24. The van der Waals surface area contributed by atoms with Crippen molar-refractivity contribution < 1.29 is 27.3 Å². The number of hydrogen-bond donors (Lipinski definition) is 0. The van der Waals surface area contributed by atoms with Crippen LogP contribution >= 0.6 is 0 Å². The Bertz CT molecular complexity index is 1180. The van der Waals surface area contributed by atoms with E-state index in [0.717, 1.165) is 0 Å². The average Bonchev–Trinajstić information content (AvgIpc) is 3.38. The van der Waals surface area contributed by atoms with Gasteiger partial charge in [-0.3, -0.25) is 9.78 Å². The molecule has 0 amide bonds. The molecule has 3 rings (SSSR count). The van der Waals surface area contributed by atoms with E-state index in [2.05, 4.69) is 25.2 Å². The number of pyridine rings is 1. The van der Waals surface area contributed by atoms with Crippen molar-refractivity contribution in [3.8, 4) is 17.2 Å². The first-order valence-electron chi connectivity index (χ1n) is 11.2. The number of ether oxygens (including phenoxy) is 2. The molecule has 1 atom stereocenters. The molecule has 3 aromatic rings. The van der Waals surface area contributed by atoms with E-state index < -0.39 is 10.8 Å². The predicted molar refractivity (Wildman–Crippen MR) is 128 cm³/mol. The first-order chi connectivity index (χ1) is 17.5. The highest BCUT2D eigenvalue weighted by atomic mass is 32.2. The second-order valence-corrected chi connectivity index (χ2v) is 8.85. The van der Waals surface area contributed by atoms with E-state index in [1.807, 2.05) is 0 Å². The first-order valence-corrected chi connectivity index (χ1v) is 12.5. The molecular formula is C23H25FN6O5S. The number of ketones is 1. The minimum atomic E-state index is -1.60. The molecule has 11 nitrogen and oxygen atoms in total. The van der Waals surface area contributed by atoms with Crippen LogP contribution in [0.1, 0.15) is 31.4 Å². The SMILES string of the molecule is [N-]=[N+]=NCCOCCCC(=O)CCCOc1ccc(CS(=O)c2nnc(-c3ccc(F)cc3)o2)nc1. The van der Waals surface area contributed by atoms with Gasteiger partial charge < -0.3 is 13.9 Å². The van der Waals surface area contributed by atoms with E-state index in [1.54, 1.807) is 12.1 Å². The van der Waals surface area contributed by atoms with Crippen molar-refractivity contribution in [1.29, 1.82) is 0 Å². The van der Waals surface area contributed by atoms with Crippen LogP contribution < -0.4 is 4.74 Å². The number of carbonyl (C=O) groups is 1. The third-order valence-corrected chi connectivity index (χ3v) is 5.89. The summed E-state index contributed by atoms with van der Waals surface area (Å²) in [4.78, 5) is 18.8. The van der Waals surface area contributed by atoms with Gasteiger partial charge in [-0.2, -0.15) is 0 Å². The number of Topliss-reactive ketones (excluding diaryl/α,β-unsaturated/α-hetero) is 1. The Kier molecular flexibility index (Phi) is 11.0. The van der Waals surface area contributed by atoms with Gasteiger partial charge >= 0.3 is 5.22 Å². The van der Waals surface area contributed by atoms with Crippen molar-refractivity contribution in [2.24, 2.45) is 5.11 Å². The summed E-state index contributed by atoms with van der Waals surface area (Å²) >= 11 is 0. The Labute approximate surface area is 209 Å². The van der Waals surface area contributed by atoms with E-state index >= 15 is 0 Å². The van der Waals surface area contributed by atoms with Crippen LogP contribution in [0.4, 0.5) is 4.39 Å². The number of azide groups is 1. The van der Waals surface area contributed by atoms with Crippen molar-refractivity contribution in [3.63, 3.8) is 0 Å². The molecule has 2 aromatic heterocycles. The van der Waals surface area contributed by atoms with Crippen LogP contribution in [0.2, 0.25) is 0 Å². The fourth-order valence-electron chi connectivity index (χ4n) is 3.00. The van der Waals surface area contributed by atoms with E-state index in [4.69, 9.17) is 19.4 Å². The molecule has 1 unspecified atom stereocenters. The number of benzene rings is 1. The lowest BCUT2D eigenvalue weighted by molar-refractivity contribution is -0.119. The molecule has 0 radical (unpaired) electrons. The molecule has 0 bridgehead atoms. The molecule has 0 N–H and O–H groups in total. The summed E-state index contributed by atoms with van der Waals surface area (Å²) in [6.07, 6.45) is 3.57. The molecule has 0 aliphatic carbocycles. The molecule has 0 saturated heterocycles. The minimum absolute atomic E-state index is 0.0409. The van der Waals surface area contributed by atoms with Crippen LogP contribution in [0.5, 0.6) is 5.75 Å². The predicted octanol–water partition coefficient (Wildman–Crippen LogP) is 4.41. The summed E-state index contributed by atoms with van der Waals surface area (Å²) in [6, 6.07) is 8.96. The molecule has 1 aromatic carbocycles. The zero-order valence-corrected chi connectivity index (χ0v) is 20.2. The second kappa shape index (κ2) is 14.7. The van der Waals surface area contributed by atoms with Crippen LogP contribution in [0.25, 0.3) is 21.9 Å². The largest absolute Gasteiger partial charge is 0.492 e.